The van der Waals surface area contributed by atoms with Crippen LogP contribution >= 0.6 is 11.8 Å². The summed E-state index contributed by atoms with van der Waals surface area (Å²) in [6, 6.07) is 7.89. The third kappa shape index (κ3) is 5.66. The van der Waals surface area contributed by atoms with Crippen LogP contribution in [0.5, 0.6) is 0 Å². The normalized spacial score (nSPS) is 12.2. The van der Waals surface area contributed by atoms with Crippen LogP contribution in [0.3, 0.4) is 0 Å². The minimum atomic E-state index is 0.0944. The predicted molar refractivity (Wildman–Crippen MR) is 83.5 cm³/mol. The lowest BCUT2D eigenvalue weighted by molar-refractivity contribution is -0.116. The molecule has 0 radical (unpaired) electrons. The fourth-order valence-corrected chi connectivity index (χ4v) is 2.64. The molecule has 1 amide bonds. The van der Waals surface area contributed by atoms with Crippen molar-refractivity contribution in [1.82, 2.24) is 0 Å². The average molecular weight is 280 g/mol. The molecule has 0 aromatic heterocycles. The molecule has 3 N–H and O–H groups in total. The summed E-state index contributed by atoms with van der Waals surface area (Å²) >= 11 is 1.64. The quantitative estimate of drug-likeness (QED) is 0.717. The minimum Gasteiger partial charge on any atom is -0.330 e. The first-order valence-electron chi connectivity index (χ1n) is 6.84. The Kier molecular flexibility index (Phi) is 7.60. The van der Waals surface area contributed by atoms with Gasteiger partial charge in [0.15, 0.2) is 0 Å². The topological polar surface area (TPSA) is 55.1 Å². The van der Waals surface area contributed by atoms with Crippen molar-refractivity contribution in [2.75, 3.05) is 18.1 Å². The van der Waals surface area contributed by atoms with Crippen LogP contribution in [0.25, 0.3) is 0 Å². The Hall–Kier alpha value is -1.00. The van der Waals surface area contributed by atoms with E-state index in [9.17, 15) is 4.79 Å². The number of benzene rings is 1. The van der Waals surface area contributed by atoms with Crippen LogP contribution < -0.4 is 11.1 Å². The first kappa shape index (κ1) is 16.1. The van der Waals surface area contributed by atoms with Crippen molar-refractivity contribution in [3.05, 3.63) is 24.3 Å². The summed E-state index contributed by atoms with van der Waals surface area (Å²) in [6.07, 6.45) is 5.60. The van der Waals surface area contributed by atoms with E-state index in [0.29, 0.717) is 18.9 Å². The van der Waals surface area contributed by atoms with Gasteiger partial charge in [0.2, 0.25) is 5.91 Å². The van der Waals surface area contributed by atoms with Crippen LogP contribution in [0.2, 0.25) is 0 Å². The van der Waals surface area contributed by atoms with Gasteiger partial charge in [-0.05, 0) is 43.7 Å². The maximum atomic E-state index is 12.0. The van der Waals surface area contributed by atoms with Gasteiger partial charge < -0.3 is 11.1 Å². The molecule has 3 nitrogen and oxygen atoms in total. The van der Waals surface area contributed by atoms with Crippen molar-refractivity contribution in [1.29, 1.82) is 0 Å². The van der Waals surface area contributed by atoms with Crippen LogP contribution in [0.1, 0.15) is 32.6 Å². The highest BCUT2D eigenvalue weighted by atomic mass is 32.2. The summed E-state index contributed by atoms with van der Waals surface area (Å²) in [4.78, 5) is 13.1. The second-order valence-corrected chi connectivity index (χ2v) is 5.49. The van der Waals surface area contributed by atoms with E-state index in [1.807, 2.05) is 30.5 Å². The lowest BCUT2D eigenvalue weighted by Crippen LogP contribution is -2.15. The molecular formula is C15H24N2OS. The Balaban J connectivity index is 2.46. The van der Waals surface area contributed by atoms with Gasteiger partial charge in [0.25, 0.3) is 0 Å². The highest BCUT2D eigenvalue weighted by Crippen LogP contribution is 2.25. The van der Waals surface area contributed by atoms with Gasteiger partial charge in [0.05, 0.1) is 5.69 Å². The first-order valence-corrected chi connectivity index (χ1v) is 8.06. The largest absolute Gasteiger partial charge is 0.330 e. The van der Waals surface area contributed by atoms with E-state index in [2.05, 4.69) is 12.2 Å². The molecular weight excluding hydrogens is 256 g/mol. The first-order chi connectivity index (χ1) is 9.21. The van der Waals surface area contributed by atoms with Gasteiger partial charge in [-0.25, -0.2) is 0 Å². The van der Waals surface area contributed by atoms with E-state index in [1.54, 1.807) is 11.8 Å². The number of anilines is 1. The maximum Gasteiger partial charge on any atom is 0.224 e. The third-order valence-electron chi connectivity index (χ3n) is 3.31. The fraction of sp³-hybridized carbons (Fsp3) is 0.533. The van der Waals surface area contributed by atoms with Gasteiger partial charge in [-0.1, -0.05) is 25.5 Å². The number of carbonyl (C=O) groups is 1. The van der Waals surface area contributed by atoms with Crippen LogP contribution in [-0.4, -0.2) is 18.7 Å². The van der Waals surface area contributed by atoms with Crippen molar-refractivity contribution in [2.45, 2.75) is 37.5 Å². The molecule has 106 valence electrons. The Bertz CT molecular complexity index is 395. The van der Waals surface area contributed by atoms with Gasteiger partial charge in [-0.15, -0.1) is 11.8 Å². The van der Waals surface area contributed by atoms with Crippen LogP contribution in [0.4, 0.5) is 5.69 Å². The van der Waals surface area contributed by atoms with Crippen LogP contribution in [-0.2, 0) is 4.79 Å². The summed E-state index contributed by atoms with van der Waals surface area (Å²) in [6.45, 7) is 2.86. The zero-order valence-electron chi connectivity index (χ0n) is 11.8. The van der Waals surface area contributed by atoms with Gasteiger partial charge in [-0.2, -0.15) is 0 Å². The van der Waals surface area contributed by atoms with Crippen molar-refractivity contribution >= 4 is 23.4 Å². The second kappa shape index (κ2) is 8.99. The molecule has 0 saturated heterocycles. The SMILES string of the molecule is CCC(CCN)CCC(=O)Nc1ccccc1SC. The number of carbonyl (C=O) groups excluding carboxylic acids is 1. The van der Waals surface area contributed by atoms with Crippen molar-refractivity contribution in [2.24, 2.45) is 11.7 Å². The maximum absolute atomic E-state index is 12.0. The van der Waals surface area contributed by atoms with E-state index in [0.717, 1.165) is 29.8 Å². The lowest BCUT2D eigenvalue weighted by atomic mass is 9.96. The Labute approximate surface area is 120 Å². The Morgan fingerprint density at radius 2 is 2.11 bits per heavy atom. The molecule has 1 aromatic rings. The predicted octanol–water partition coefficient (Wildman–Crippen LogP) is 3.50. The van der Waals surface area contributed by atoms with Crippen molar-refractivity contribution < 1.29 is 4.79 Å². The monoisotopic (exact) mass is 280 g/mol. The van der Waals surface area contributed by atoms with E-state index in [1.165, 1.54) is 0 Å². The standard InChI is InChI=1S/C15H24N2OS/c1-3-12(10-11-16)8-9-15(18)17-13-6-4-5-7-14(13)19-2/h4-7,12H,3,8-11,16H2,1-2H3,(H,17,18). The third-order valence-corrected chi connectivity index (χ3v) is 4.11. The molecule has 0 heterocycles. The highest BCUT2D eigenvalue weighted by molar-refractivity contribution is 7.98. The van der Waals surface area contributed by atoms with Gasteiger partial charge in [-0.3, -0.25) is 4.79 Å². The molecule has 0 spiro atoms. The summed E-state index contributed by atoms with van der Waals surface area (Å²) in [7, 11) is 0. The molecule has 1 unspecified atom stereocenters. The molecule has 19 heavy (non-hydrogen) atoms. The molecule has 0 bridgehead atoms. The molecule has 0 saturated carbocycles. The number of para-hydroxylation sites is 1. The van der Waals surface area contributed by atoms with Crippen LogP contribution in [0, 0.1) is 5.92 Å². The van der Waals surface area contributed by atoms with Crippen LogP contribution in [0.15, 0.2) is 29.2 Å². The van der Waals surface area contributed by atoms with Gasteiger partial charge in [0, 0.05) is 11.3 Å². The molecule has 0 fully saturated rings. The fourth-order valence-electron chi connectivity index (χ4n) is 2.08. The second-order valence-electron chi connectivity index (χ2n) is 4.64. The van der Waals surface area contributed by atoms with E-state index < -0.39 is 0 Å². The number of rotatable bonds is 8. The summed E-state index contributed by atoms with van der Waals surface area (Å²) in [5.74, 6) is 0.656. The number of hydrogen-bond donors (Lipinski definition) is 2. The zero-order valence-corrected chi connectivity index (χ0v) is 12.6. The number of amides is 1. The molecule has 0 aliphatic carbocycles. The van der Waals surface area contributed by atoms with Crippen molar-refractivity contribution in [3.8, 4) is 0 Å². The number of nitrogens with two attached hydrogens (primary N) is 1. The minimum absolute atomic E-state index is 0.0944. The smallest absolute Gasteiger partial charge is 0.224 e. The molecule has 1 rings (SSSR count). The van der Waals surface area contributed by atoms with Crippen molar-refractivity contribution in [3.63, 3.8) is 0 Å². The van der Waals surface area contributed by atoms with E-state index >= 15 is 0 Å². The Morgan fingerprint density at radius 1 is 1.37 bits per heavy atom. The zero-order chi connectivity index (χ0) is 14.1. The van der Waals surface area contributed by atoms with E-state index in [4.69, 9.17) is 5.73 Å². The molecule has 0 aliphatic rings. The number of nitrogens with one attached hydrogen (secondary N) is 1. The average Bonchev–Trinajstić information content (AvgIpc) is 2.44. The van der Waals surface area contributed by atoms with Gasteiger partial charge >= 0.3 is 0 Å². The lowest BCUT2D eigenvalue weighted by Gasteiger charge is -2.14. The molecule has 1 atom stereocenters. The number of hydrogen-bond acceptors (Lipinski definition) is 3. The Morgan fingerprint density at radius 3 is 2.74 bits per heavy atom. The van der Waals surface area contributed by atoms with E-state index in [-0.39, 0.29) is 5.91 Å². The molecule has 1 aromatic carbocycles. The summed E-state index contributed by atoms with van der Waals surface area (Å²) in [5, 5.41) is 2.99. The number of thioether (sulfide) groups is 1. The summed E-state index contributed by atoms with van der Waals surface area (Å²) in [5.41, 5.74) is 6.48. The summed E-state index contributed by atoms with van der Waals surface area (Å²) < 4.78 is 0. The molecule has 0 aliphatic heterocycles. The van der Waals surface area contributed by atoms with Gasteiger partial charge in [0.1, 0.15) is 0 Å². The highest BCUT2D eigenvalue weighted by Gasteiger charge is 2.10. The molecule has 4 heteroatoms.